The Bertz CT molecular complexity index is 796. The van der Waals surface area contributed by atoms with Gasteiger partial charge >= 0.3 is 0 Å². The fourth-order valence-corrected chi connectivity index (χ4v) is 5.26. The van der Waals surface area contributed by atoms with E-state index in [9.17, 15) is 13.7 Å². The van der Waals surface area contributed by atoms with Gasteiger partial charge in [-0.1, -0.05) is 52.2 Å². The van der Waals surface area contributed by atoms with Gasteiger partial charge in [-0.25, -0.2) is 4.39 Å². The Morgan fingerprint density at radius 3 is 2.54 bits per heavy atom. The van der Waals surface area contributed by atoms with Crippen molar-refractivity contribution in [1.82, 2.24) is 0 Å². The van der Waals surface area contributed by atoms with Crippen LogP contribution in [0.2, 0.25) is 0 Å². The van der Waals surface area contributed by atoms with Gasteiger partial charge in [0, 0.05) is 22.3 Å². The van der Waals surface area contributed by atoms with Crippen LogP contribution in [-0.2, 0) is 10.8 Å². The number of fused-ring (bicyclic) bond motifs is 1. The lowest BCUT2D eigenvalue weighted by molar-refractivity contribution is 0.0970. The minimum Gasteiger partial charge on any atom is -0.399 e. The first-order valence-electron chi connectivity index (χ1n) is 10.1. The van der Waals surface area contributed by atoms with Crippen molar-refractivity contribution in [3.63, 3.8) is 0 Å². The van der Waals surface area contributed by atoms with Crippen LogP contribution in [0.5, 0.6) is 0 Å². The molecule has 0 amide bonds. The van der Waals surface area contributed by atoms with Crippen LogP contribution in [-0.4, -0.2) is 21.2 Å². The van der Waals surface area contributed by atoms with Crippen molar-refractivity contribution >= 4 is 16.5 Å². The summed E-state index contributed by atoms with van der Waals surface area (Å²) in [4.78, 5) is 0.617. The molecule has 0 spiro atoms. The van der Waals surface area contributed by atoms with Crippen molar-refractivity contribution in [2.24, 2.45) is 5.92 Å². The summed E-state index contributed by atoms with van der Waals surface area (Å²) in [6.07, 6.45) is 3.31. The van der Waals surface area contributed by atoms with E-state index in [2.05, 4.69) is 20.8 Å². The van der Waals surface area contributed by atoms with Crippen LogP contribution >= 0.6 is 0 Å². The van der Waals surface area contributed by atoms with Gasteiger partial charge in [0.05, 0.1) is 16.9 Å². The number of hydrogen-bond donors (Lipinski definition) is 2. The van der Waals surface area contributed by atoms with E-state index in [0.717, 1.165) is 24.8 Å². The minimum atomic E-state index is -1.25. The molecule has 3 nitrogen and oxygen atoms in total. The second-order valence-electron chi connectivity index (χ2n) is 7.44. The summed E-state index contributed by atoms with van der Waals surface area (Å²) in [5.41, 5.74) is 7.96. The number of benzene rings is 2. The maximum atomic E-state index is 13.9. The lowest BCUT2D eigenvalue weighted by atomic mass is 9.80. The summed E-state index contributed by atoms with van der Waals surface area (Å²) in [7, 11) is -1.25. The van der Waals surface area contributed by atoms with E-state index < -0.39 is 22.8 Å². The number of anilines is 1. The smallest absolute Gasteiger partial charge is 0.123 e. The first-order chi connectivity index (χ1) is 13.4. The van der Waals surface area contributed by atoms with E-state index in [1.54, 1.807) is 12.1 Å². The Kier molecular flexibility index (Phi) is 8.64. The summed E-state index contributed by atoms with van der Waals surface area (Å²) < 4.78 is 26.8. The lowest BCUT2D eigenvalue weighted by Crippen LogP contribution is -2.29. The van der Waals surface area contributed by atoms with Crippen LogP contribution in [0.3, 0.4) is 0 Å². The molecule has 28 heavy (non-hydrogen) atoms. The molecule has 0 fully saturated rings. The molecule has 1 aliphatic rings. The molecule has 2 aromatic carbocycles. The molecule has 0 saturated heterocycles. The molecular weight excluding hydrogens is 373 g/mol. The zero-order chi connectivity index (χ0) is 20.7. The van der Waals surface area contributed by atoms with Crippen molar-refractivity contribution in [3.05, 3.63) is 59.4 Å². The molecule has 0 saturated carbocycles. The monoisotopic (exact) mass is 405 g/mol. The molecule has 0 radical (unpaired) electrons. The number of rotatable bonds is 4. The predicted octanol–water partition coefficient (Wildman–Crippen LogP) is 5.24. The van der Waals surface area contributed by atoms with Gasteiger partial charge in [-0.2, -0.15) is 0 Å². The van der Waals surface area contributed by atoms with Crippen LogP contribution in [0.25, 0.3) is 0 Å². The van der Waals surface area contributed by atoms with Gasteiger partial charge < -0.3 is 10.8 Å². The van der Waals surface area contributed by atoms with Crippen LogP contribution in [0.4, 0.5) is 10.1 Å². The molecule has 3 rings (SSSR count). The van der Waals surface area contributed by atoms with Crippen LogP contribution in [0, 0.1) is 11.7 Å². The molecule has 1 aliphatic heterocycles. The van der Waals surface area contributed by atoms with E-state index in [0.29, 0.717) is 21.9 Å². The van der Waals surface area contributed by atoms with E-state index >= 15 is 0 Å². The average Bonchev–Trinajstić information content (AvgIpc) is 2.75. The summed E-state index contributed by atoms with van der Waals surface area (Å²) in [6, 6.07) is 11.7. The number of nitrogens with two attached hydrogens (primary N) is 1. The minimum absolute atomic E-state index is 0.0947. The van der Waals surface area contributed by atoms with Crippen LogP contribution in [0.15, 0.2) is 47.4 Å². The molecule has 1 heterocycles. The molecule has 3 N–H and O–H groups in total. The third-order valence-corrected chi connectivity index (χ3v) is 6.53. The zero-order valence-corrected chi connectivity index (χ0v) is 17.8. The normalized spacial score (nSPS) is 23.9. The fraction of sp³-hybridized carbons (Fsp3) is 0.478. The molecule has 0 aromatic heterocycles. The van der Waals surface area contributed by atoms with Gasteiger partial charge in [0.2, 0.25) is 0 Å². The SMILES string of the molecule is CCC.CCCCC1CS(=O)c2ccc(F)cc2C(c2cccc(N)c2)C1O. The van der Waals surface area contributed by atoms with Crippen molar-refractivity contribution in [3.8, 4) is 0 Å². The highest BCUT2D eigenvalue weighted by Crippen LogP contribution is 2.40. The summed E-state index contributed by atoms with van der Waals surface area (Å²) in [6.45, 7) is 6.35. The van der Waals surface area contributed by atoms with Crippen molar-refractivity contribution in [2.45, 2.75) is 63.4 Å². The molecular formula is C23H32FNO2S. The Hall–Kier alpha value is -1.72. The summed E-state index contributed by atoms with van der Waals surface area (Å²) in [5.74, 6) is -0.507. The third-order valence-electron chi connectivity index (χ3n) is 4.94. The number of aliphatic hydroxyl groups is 1. The van der Waals surface area contributed by atoms with Crippen LogP contribution < -0.4 is 5.73 Å². The summed E-state index contributed by atoms with van der Waals surface area (Å²) >= 11 is 0. The number of aliphatic hydroxyl groups excluding tert-OH is 1. The van der Waals surface area contributed by atoms with Gasteiger partial charge in [0.25, 0.3) is 0 Å². The van der Waals surface area contributed by atoms with Crippen LogP contribution in [0.1, 0.15) is 63.5 Å². The number of unbranched alkanes of at least 4 members (excludes halogenated alkanes) is 1. The zero-order valence-electron chi connectivity index (χ0n) is 17.0. The quantitative estimate of drug-likeness (QED) is 0.683. The number of halogens is 1. The molecule has 154 valence electrons. The van der Waals surface area contributed by atoms with E-state index in [4.69, 9.17) is 5.73 Å². The first-order valence-corrected chi connectivity index (χ1v) is 11.5. The number of nitrogen functional groups attached to an aromatic ring is 1. The molecule has 4 unspecified atom stereocenters. The van der Waals surface area contributed by atoms with E-state index in [1.165, 1.54) is 18.6 Å². The lowest BCUT2D eigenvalue weighted by Gasteiger charge is -2.28. The van der Waals surface area contributed by atoms with Gasteiger partial charge in [-0.3, -0.25) is 4.21 Å². The predicted molar refractivity (Wildman–Crippen MR) is 115 cm³/mol. The highest BCUT2D eigenvalue weighted by Gasteiger charge is 2.37. The largest absolute Gasteiger partial charge is 0.399 e. The Labute approximate surface area is 170 Å². The molecule has 5 heteroatoms. The maximum Gasteiger partial charge on any atom is 0.123 e. The second-order valence-corrected chi connectivity index (χ2v) is 8.91. The van der Waals surface area contributed by atoms with Crippen molar-refractivity contribution in [2.75, 3.05) is 11.5 Å². The van der Waals surface area contributed by atoms with Crippen molar-refractivity contribution in [1.29, 1.82) is 0 Å². The average molecular weight is 406 g/mol. The molecule has 0 bridgehead atoms. The topological polar surface area (TPSA) is 63.3 Å². The van der Waals surface area contributed by atoms with Gasteiger partial charge in [-0.15, -0.1) is 0 Å². The van der Waals surface area contributed by atoms with Crippen molar-refractivity contribution < 1.29 is 13.7 Å². The molecule has 0 aliphatic carbocycles. The van der Waals surface area contributed by atoms with Gasteiger partial charge in [0.1, 0.15) is 5.82 Å². The summed E-state index contributed by atoms with van der Waals surface area (Å²) in [5, 5.41) is 11.1. The Morgan fingerprint density at radius 2 is 1.89 bits per heavy atom. The Morgan fingerprint density at radius 1 is 1.18 bits per heavy atom. The van der Waals surface area contributed by atoms with Gasteiger partial charge in [0.15, 0.2) is 0 Å². The van der Waals surface area contributed by atoms with E-state index in [1.807, 2.05) is 18.2 Å². The molecule has 2 aromatic rings. The van der Waals surface area contributed by atoms with Gasteiger partial charge in [-0.05, 0) is 53.8 Å². The first kappa shape index (κ1) is 22.6. The maximum absolute atomic E-state index is 13.9. The standard InChI is InChI=1S/C20H24FNO2S.C3H8/c1-2-3-5-14-12-25(24)18-9-8-15(21)11-17(18)19(20(14)23)13-6-4-7-16(22)10-13;1-3-2/h4,6-11,14,19-20,23H,2-3,5,12,22H2,1H3;3H2,1-2H3. The Balaban J connectivity index is 0.000000878. The highest BCUT2D eigenvalue weighted by atomic mass is 32.2. The molecule has 4 atom stereocenters. The number of hydrogen-bond acceptors (Lipinski definition) is 3. The second kappa shape index (κ2) is 10.7. The third kappa shape index (κ3) is 5.42. The fourth-order valence-electron chi connectivity index (χ4n) is 3.66. The van der Waals surface area contributed by atoms with E-state index in [-0.39, 0.29) is 11.7 Å². The highest BCUT2D eigenvalue weighted by molar-refractivity contribution is 7.85.